The lowest BCUT2D eigenvalue weighted by Gasteiger charge is -2.42. The molecule has 2 rings (SSSR count). The van der Waals surface area contributed by atoms with E-state index in [1.54, 1.807) is 0 Å². The Hall–Kier alpha value is -0.200. The van der Waals surface area contributed by atoms with E-state index in [9.17, 15) is 0 Å². The lowest BCUT2D eigenvalue weighted by Crippen LogP contribution is -2.52. The summed E-state index contributed by atoms with van der Waals surface area (Å²) in [7, 11) is 0. The molecule has 0 amide bonds. The van der Waals surface area contributed by atoms with E-state index < -0.39 is 0 Å². The summed E-state index contributed by atoms with van der Waals surface area (Å²) in [6, 6.07) is 0. The molecule has 0 spiro atoms. The Morgan fingerprint density at radius 2 is 2.29 bits per heavy atom. The van der Waals surface area contributed by atoms with E-state index in [0.29, 0.717) is 13.2 Å². The highest BCUT2D eigenvalue weighted by atomic mass is 16.5. The Labute approximate surface area is 103 Å². The second-order valence-corrected chi connectivity index (χ2v) is 5.27. The minimum atomic E-state index is -0.0388. The number of ether oxygens (including phenoxy) is 2. The monoisotopic (exact) mass is 244 g/mol. The molecular formula is C12H24N2O3. The predicted octanol–water partition coefficient (Wildman–Crippen LogP) is -0.565. The molecule has 100 valence electrons. The topological polar surface area (TPSA) is 68.0 Å². The first-order valence-corrected chi connectivity index (χ1v) is 6.51. The summed E-state index contributed by atoms with van der Waals surface area (Å²) < 4.78 is 11.0. The second kappa shape index (κ2) is 6.11. The van der Waals surface area contributed by atoms with Crippen LogP contribution in [0.1, 0.15) is 12.8 Å². The average molecular weight is 244 g/mol. The zero-order valence-corrected chi connectivity index (χ0v) is 10.4. The van der Waals surface area contributed by atoms with Crippen LogP contribution in [0.15, 0.2) is 0 Å². The van der Waals surface area contributed by atoms with E-state index in [0.717, 1.165) is 45.7 Å². The van der Waals surface area contributed by atoms with Crippen molar-refractivity contribution in [2.75, 3.05) is 52.6 Å². The van der Waals surface area contributed by atoms with E-state index >= 15 is 0 Å². The summed E-state index contributed by atoms with van der Waals surface area (Å²) in [5.41, 5.74) is 6.04. The zero-order valence-electron chi connectivity index (χ0n) is 10.4. The lowest BCUT2D eigenvalue weighted by molar-refractivity contribution is -0.0794. The SMILES string of the molecule is NCC1(CN2CCOC(CO)C2)CCCOC1. The molecule has 17 heavy (non-hydrogen) atoms. The first-order chi connectivity index (χ1) is 8.28. The van der Waals surface area contributed by atoms with Crippen LogP contribution >= 0.6 is 0 Å². The Bertz CT molecular complexity index is 232. The smallest absolute Gasteiger partial charge is 0.0932 e. The van der Waals surface area contributed by atoms with Gasteiger partial charge in [0.05, 0.1) is 25.9 Å². The molecule has 0 saturated carbocycles. The molecule has 0 aromatic heterocycles. The molecular weight excluding hydrogens is 220 g/mol. The third-order valence-corrected chi connectivity index (χ3v) is 3.82. The fourth-order valence-corrected chi connectivity index (χ4v) is 2.77. The molecule has 0 aromatic rings. The highest BCUT2D eigenvalue weighted by molar-refractivity contribution is 4.87. The third kappa shape index (κ3) is 3.39. The van der Waals surface area contributed by atoms with Gasteiger partial charge in [0.1, 0.15) is 0 Å². The highest BCUT2D eigenvalue weighted by Gasteiger charge is 2.35. The molecule has 2 fully saturated rings. The van der Waals surface area contributed by atoms with Crippen LogP contribution in [0.4, 0.5) is 0 Å². The lowest BCUT2D eigenvalue weighted by atomic mass is 9.82. The van der Waals surface area contributed by atoms with Gasteiger partial charge >= 0.3 is 0 Å². The van der Waals surface area contributed by atoms with Crippen molar-refractivity contribution in [3.63, 3.8) is 0 Å². The van der Waals surface area contributed by atoms with Crippen molar-refractivity contribution in [2.24, 2.45) is 11.1 Å². The number of hydrogen-bond acceptors (Lipinski definition) is 5. The minimum Gasteiger partial charge on any atom is -0.394 e. The van der Waals surface area contributed by atoms with Gasteiger partial charge in [-0.2, -0.15) is 0 Å². The first kappa shape index (κ1) is 13.2. The molecule has 2 unspecified atom stereocenters. The van der Waals surface area contributed by atoms with Gasteiger partial charge in [0.15, 0.2) is 0 Å². The molecule has 2 aliphatic rings. The van der Waals surface area contributed by atoms with Crippen LogP contribution in [0, 0.1) is 5.41 Å². The van der Waals surface area contributed by atoms with E-state index in [1.807, 2.05) is 0 Å². The number of nitrogens with zero attached hydrogens (tertiary/aromatic N) is 1. The third-order valence-electron chi connectivity index (χ3n) is 3.82. The Balaban J connectivity index is 1.88. The predicted molar refractivity (Wildman–Crippen MR) is 64.8 cm³/mol. The summed E-state index contributed by atoms with van der Waals surface area (Å²) in [5.74, 6) is 0. The number of morpholine rings is 1. The molecule has 5 nitrogen and oxygen atoms in total. The van der Waals surface area contributed by atoms with Gasteiger partial charge in [-0.25, -0.2) is 0 Å². The summed E-state index contributed by atoms with van der Waals surface area (Å²) in [4.78, 5) is 2.35. The van der Waals surface area contributed by atoms with Gasteiger partial charge < -0.3 is 20.3 Å². The van der Waals surface area contributed by atoms with E-state index in [-0.39, 0.29) is 18.1 Å². The fourth-order valence-electron chi connectivity index (χ4n) is 2.77. The standard InChI is InChI=1S/C12H24N2O3/c13-8-12(2-1-4-16-10-12)9-14-3-5-17-11(6-14)7-15/h11,15H,1-10,13H2. The molecule has 2 atom stereocenters. The van der Waals surface area contributed by atoms with Crippen molar-refractivity contribution >= 4 is 0 Å². The van der Waals surface area contributed by atoms with E-state index in [1.165, 1.54) is 0 Å². The number of nitrogens with two attached hydrogens (primary N) is 1. The molecule has 0 aromatic carbocycles. The summed E-state index contributed by atoms with van der Waals surface area (Å²) in [5, 5.41) is 9.14. The van der Waals surface area contributed by atoms with Crippen LogP contribution in [0.3, 0.4) is 0 Å². The van der Waals surface area contributed by atoms with Crippen molar-refractivity contribution in [3.8, 4) is 0 Å². The van der Waals surface area contributed by atoms with Gasteiger partial charge in [-0.05, 0) is 12.8 Å². The van der Waals surface area contributed by atoms with Gasteiger partial charge in [0.2, 0.25) is 0 Å². The Morgan fingerprint density at radius 3 is 2.94 bits per heavy atom. The number of aliphatic hydroxyl groups excluding tert-OH is 1. The van der Waals surface area contributed by atoms with Gasteiger partial charge in [-0.15, -0.1) is 0 Å². The van der Waals surface area contributed by atoms with Crippen LogP contribution in [0.5, 0.6) is 0 Å². The van der Waals surface area contributed by atoms with Crippen LogP contribution in [0.25, 0.3) is 0 Å². The van der Waals surface area contributed by atoms with E-state index in [4.69, 9.17) is 20.3 Å². The fraction of sp³-hybridized carbons (Fsp3) is 1.00. The van der Waals surface area contributed by atoms with Crippen molar-refractivity contribution in [1.29, 1.82) is 0 Å². The van der Waals surface area contributed by atoms with Crippen molar-refractivity contribution in [3.05, 3.63) is 0 Å². The van der Waals surface area contributed by atoms with Crippen molar-refractivity contribution < 1.29 is 14.6 Å². The number of hydrogen-bond donors (Lipinski definition) is 2. The molecule has 2 aliphatic heterocycles. The molecule has 5 heteroatoms. The summed E-state index contributed by atoms with van der Waals surface area (Å²) >= 11 is 0. The maximum atomic E-state index is 9.14. The molecule has 0 bridgehead atoms. The average Bonchev–Trinajstić information content (AvgIpc) is 2.40. The molecule has 3 N–H and O–H groups in total. The van der Waals surface area contributed by atoms with Gasteiger partial charge in [0.25, 0.3) is 0 Å². The Kier molecular flexibility index (Phi) is 4.76. The summed E-state index contributed by atoms with van der Waals surface area (Å²) in [6.07, 6.45) is 2.21. The molecule has 0 radical (unpaired) electrons. The normalized spacial score (nSPS) is 36.0. The zero-order chi connectivity index (χ0) is 12.1. The van der Waals surface area contributed by atoms with Gasteiger partial charge in [-0.3, -0.25) is 4.90 Å². The largest absolute Gasteiger partial charge is 0.394 e. The maximum absolute atomic E-state index is 9.14. The van der Waals surface area contributed by atoms with Crippen molar-refractivity contribution in [2.45, 2.75) is 18.9 Å². The van der Waals surface area contributed by atoms with Crippen LogP contribution in [0.2, 0.25) is 0 Å². The van der Waals surface area contributed by atoms with E-state index in [2.05, 4.69) is 4.90 Å². The van der Waals surface area contributed by atoms with Crippen LogP contribution in [-0.4, -0.2) is 68.7 Å². The number of rotatable bonds is 4. The van der Waals surface area contributed by atoms with Crippen molar-refractivity contribution in [1.82, 2.24) is 4.90 Å². The Morgan fingerprint density at radius 1 is 1.41 bits per heavy atom. The van der Waals surface area contributed by atoms with Gasteiger partial charge in [0, 0.05) is 38.2 Å². The highest BCUT2D eigenvalue weighted by Crippen LogP contribution is 2.29. The molecule has 2 saturated heterocycles. The first-order valence-electron chi connectivity index (χ1n) is 6.51. The second-order valence-electron chi connectivity index (χ2n) is 5.27. The van der Waals surface area contributed by atoms with Crippen LogP contribution < -0.4 is 5.73 Å². The van der Waals surface area contributed by atoms with Crippen LogP contribution in [-0.2, 0) is 9.47 Å². The summed E-state index contributed by atoms with van der Waals surface area (Å²) in [6.45, 7) is 5.80. The minimum absolute atomic E-state index is 0.0388. The quantitative estimate of drug-likeness (QED) is 0.693. The molecule has 0 aliphatic carbocycles. The van der Waals surface area contributed by atoms with Gasteiger partial charge in [-0.1, -0.05) is 0 Å². The molecule has 2 heterocycles. The maximum Gasteiger partial charge on any atom is 0.0932 e. The number of aliphatic hydroxyl groups is 1.